The molecule has 0 N–H and O–H groups in total. The maximum Gasteiger partial charge on any atom is 0.480 e. The number of rotatable bonds is 24. The molecular weight excluding hydrogens is 1190 g/mol. The number of aryl methyl sites for hydroxylation is 6. The molecule has 22 nitrogen and oxygen atoms in total. The molecule has 0 saturated carbocycles. The Morgan fingerprint density at radius 1 is 0.467 bits per heavy atom. The van der Waals surface area contributed by atoms with Gasteiger partial charge in [-0.15, -0.1) is 0 Å². The molecule has 0 unspecified atom stereocenters. The summed E-state index contributed by atoms with van der Waals surface area (Å²) in [5.41, 5.74) is 10.4. The fourth-order valence-corrected chi connectivity index (χ4v) is 13.1. The van der Waals surface area contributed by atoms with Crippen molar-refractivity contribution in [2.75, 3.05) is 56.0 Å². The fourth-order valence-electron chi connectivity index (χ4n) is 12.1. The van der Waals surface area contributed by atoms with Gasteiger partial charge in [0.05, 0.1) is 19.6 Å². The Morgan fingerprint density at radius 3 is 1.02 bits per heavy atom. The minimum atomic E-state index is -4.98. The Labute approximate surface area is 529 Å². The number of aromatic nitrogens is 3. The number of aldehydes is 3. The zero-order chi connectivity index (χ0) is 64.4. The highest BCUT2D eigenvalue weighted by Crippen LogP contribution is 2.51. The minimum Gasteiger partial charge on any atom is -0.459 e. The fraction of sp³-hybridized carbons (Fsp3) is 0.261. The number of fused-ring (bicyclic) bond motifs is 6. The lowest BCUT2D eigenvalue weighted by atomic mass is 10.0. The van der Waals surface area contributed by atoms with E-state index in [4.69, 9.17) is 41.8 Å². The Hall–Kier alpha value is -10.1. The molecule has 92 heavy (non-hydrogen) atoms. The topological polar surface area (TPSA) is 245 Å². The molecule has 0 spiro atoms. The van der Waals surface area contributed by atoms with Gasteiger partial charge >= 0.3 is 7.82 Å². The van der Waals surface area contributed by atoms with Crippen LogP contribution in [0.1, 0.15) is 86.6 Å². The highest BCUT2D eigenvalue weighted by molar-refractivity contribution is 7.48. The van der Waals surface area contributed by atoms with Crippen molar-refractivity contribution in [3.8, 4) is 0 Å². The van der Waals surface area contributed by atoms with E-state index in [1.807, 2.05) is 148 Å². The number of para-hydroxylation sites is 3. The first-order valence-electron chi connectivity index (χ1n) is 30.0. The Balaban J connectivity index is 0.811. The highest BCUT2D eigenvalue weighted by atomic mass is 31.2. The molecule has 0 saturated heterocycles. The third-order valence-electron chi connectivity index (χ3n) is 17.1. The van der Waals surface area contributed by atoms with Gasteiger partial charge in [-0.05, 0) is 93.1 Å². The number of allylic oxidation sites excluding steroid dienone is 3. The maximum absolute atomic E-state index is 15.5. The number of furan rings is 3. The van der Waals surface area contributed by atoms with E-state index in [0.717, 1.165) is 66.9 Å². The van der Waals surface area contributed by atoms with E-state index < -0.39 is 45.7 Å². The van der Waals surface area contributed by atoms with E-state index in [2.05, 4.69) is 0 Å². The zero-order valence-corrected chi connectivity index (χ0v) is 52.5. The van der Waals surface area contributed by atoms with Crippen LogP contribution in [0.2, 0.25) is 0 Å². The van der Waals surface area contributed by atoms with Crippen molar-refractivity contribution in [2.45, 2.75) is 78.9 Å². The predicted octanol–water partition coefficient (Wildman–Crippen LogP) is 11.3. The van der Waals surface area contributed by atoms with Gasteiger partial charge in [0.25, 0.3) is 0 Å². The molecule has 0 fully saturated rings. The molecule has 3 amide bonds. The molecule has 3 aromatic carbocycles. The monoisotopic (exact) mass is 1260 g/mol. The van der Waals surface area contributed by atoms with E-state index in [-0.39, 0.29) is 56.0 Å². The Bertz CT molecular complexity index is 4110. The average molecular weight is 1260 g/mol. The average Bonchev–Trinajstić information content (AvgIpc) is 1.27. The SMILES string of the molecule is Cc1c(CN(C)/C(=C/C=O)c2cnc3c(c2)CCC(=O)N3COP(=O)(OCN2C(=O)CCc3cc(/C(=C\C=O)N(C)Cc4oc5ccccc5c4C)cnc32)OCN2C(=O)CCc3cc(/C(=C\C=O)N(C)Cc4oc5ccccc5c4C)cnc32)oc2ccccc12. The van der Waals surface area contributed by atoms with Gasteiger partial charge in [-0.1, -0.05) is 54.6 Å². The number of amides is 3. The zero-order valence-electron chi connectivity index (χ0n) is 51.6. The summed E-state index contributed by atoms with van der Waals surface area (Å²) in [7, 11) is 0.520. The van der Waals surface area contributed by atoms with Crippen LogP contribution in [0.4, 0.5) is 17.5 Å². The second-order valence-corrected chi connectivity index (χ2v) is 24.5. The number of nitrogens with zero attached hydrogens (tertiary/aromatic N) is 9. The molecule has 6 aromatic heterocycles. The molecule has 12 rings (SSSR count). The minimum absolute atomic E-state index is 0.00583. The van der Waals surface area contributed by atoms with Gasteiger partial charge in [-0.3, -0.25) is 57.0 Å². The van der Waals surface area contributed by atoms with Crippen LogP contribution in [0.5, 0.6) is 0 Å². The number of carbonyl (C=O) groups is 6. The number of anilines is 3. The first-order valence-corrected chi connectivity index (χ1v) is 31.4. The van der Waals surface area contributed by atoms with Gasteiger partial charge in [0.1, 0.15) is 90.5 Å². The van der Waals surface area contributed by atoms with Crippen molar-refractivity contribution in [1.29, 1.82) is 0 Å². The summed E-state index contributed by atoms with van der Waals surface area (Å²) in [5, 5.41) is 2.95. The molecule has 0 radical (unpaired) electrons. The van der Waals surface area contributed by atoms with Crippen LogP contribution >= 0.6 is 7.82 Å². The predicted molar refractivity (Wildman–Crippen MR) is 345 cm³/mol. The summed E-state index contributed by atoms with van der Waals surface area (Å²) in [4.78, 5) is 102. The summed E-state index contributed by atoms with van der Waals surface area (Å²) in [6.45, 7) is 4.79. The van der Waals surface area contributed by atoms with Crippen molar-refractivity contribution in [2.24, 2.45) is 0 Å². The van der Waals surface area contributed by atoms with Crippen LogP contribution in [0.15, 0.2) is 141 Å². The number of phosphoric ester groups is 1. The number of hydrogen-bond acceptors (Lipinski definition) is 19. The van der Waals surface area contributed by atoms with Crippen LogP contribution in [0.25, 0.3) is 50.0 Å². The quantitative estimate of drug-likeness (QED) is 0.0310. The number of benzene rings is 3. The molecule has 0 bridgehead atoms. The van der Waals surface area contributed by atoms with Gasteiger partial charge < -0.3 is 28.0 Å². The van der Waals surface area contributed by atoms with Crippen molar-refractivity contribution in [3.05, 3.63) is 195 Å². The molecular formula is C69H66N9O13P. The molecule has 3 aliphatic rings. The Kier molecular flexibility index (Phi) is 17.8. The van der Waals surface area contributed by atoms with Crippen molar-refractivity contribution in [1.82, 2.24) is 29.7 Å². The lowest BCUT2D eigenvalue weighted by Gasteiger charge is -2.33. The maximum atomic E-state index is 15.5. The lowest BCUT2D eigenvalue weighted by molar-refractivity contribution is -0.120. The van der Waals surface area contributed by atoms with Crippen LogP contribution in [-0.2, 0) is 85.8 Å². The van der Waals surface area contributed by atoms with Gasteiger partial charge in [-0.2, -0.15) is 0 Å². The summed E-state index contributed by atoms with van der Waals surface area (Å²) in [6.07, 6.45) is 11.8. The van der Waals surface area contributed by atoms with Crippen molar-refractivity contribution >= 4 is 112 Å². The first kappa shape index (κ1) is 62.1. The number of pyridine rings is 3. The second kappa shape index (κ2) is 26.4. The summed E-state index contributed by atoms with van der Waals surface area (Å²) in [6, 6.07) is 28.7. The summed E-state index contributed by atoms with van der Waals surface area (Å²) >= 11 is 0. The third kappa shape index (κ3) is 12.4. The van der Waals surface area contributed by atoms with Crippen molar-refractivity contribution < 1.29 is 60.2 Å². The van der Waals surface area contributed by atoms with Crippen LogP contribution < -0.4 is 14.7 Å². The molecule has 23 heteroatoms. The highest BCUT2D eigenvalue weighted by Gasteiger charge is 2.38. The van der Waals surface area contributed by atoms with Gasteiger partial charge in [-0.25, -0.2) is 19.5 Å². The molecule has 9 heterocycles. The number of phosphoric acid groups is 1. The van der Waals surface area contributed by atoms with E-state index in [1.54, 1.807) is 0 Å². The smallest absolute Gasteiger partial charge is 0.459 e. The van der Waals surface area contributed by atoms with Gasteiger partial charge in [0.2, 0.25) is 17.7 Å². The largest absolute Gasteiger partial charge is 0.480 e. The molecule has 0 aliphatic carbocycles. The molecule has 0 atom stereocenters. The molecule has 3 aliphatic heterocycles. The van der Waals surface area contributed by atoms with Crippen LogP contribution in [0, 0.1) is 20.8 Å². The number of carbonyl (C=O) groups excluding carboxylic acids is 6. The van der Waals surface area contributed by atoms with Crippen molar-refractivity contribution in [3.63, 3.8) is 0 Å². The van der Waals surface area contributed by atoms with Gasteiger partial charge in [0, 0.05) is 144 Å². The summed E-state index contributed by atoms with van der Waals surface area (Å²) < 4.78 is 52.4. The first-order chi connectivity index (χ1) is 44.5. The second-order valence-electron chi connectivity index (χ2n) is 22.9. The molecule has 9 aromatic rings. The van der Waals surface area contributed by atoms with E-state index >= 15 is 4.57 Å². The van der Waals surface area contributed by atoms with Crippen LogP contribution in [0.3, 0.4) is 0 Å². The van der Waals surface area contributed by atoms with E-state index in [0.29, 0.717) is 89.0 Å². The lowest BCUT2D eigenvalue weighted by Crippen LogP contribution is -2.40. The van der Waals surface area contributed by atoms with E-state index in [9.17, 15) is 28.8 Å². The van der Waals surface area contributed by atoms with Gasteiger partial charge in [0.15, 0.2) is 0 Å². The molecule has 470 valence electrons. The van der Waals surface area contributed by atoms with E-state index in [1.165, 1.54) is 51.5 Å². The van der Waals surface area contributed by atoms with Crippen LogP contribution in [-0.4, -0.2) is 108 Å². The number of hydrogen-bond donors (Lipinski definition) is 0. The summed E-state index contributed by atoms with van der Waals surface area (Å²) in [5.74, 6) is 1.48. The third-order valence-corrected chi connectivity index (χ3v) is 18.4. The normalized spacial score (nSPS) is 14.7. The Morgan fingerprint density at radius 2 is 0.750 bits per heavy atom. The standard InChI is InChI=1S/C69H66N9O13P/c1-43-52-13-7-10-16-58(52)89-61(43)37-73(4)55(25-28-79)49-31-46-19-22-64(82)76(67(46)70-34-49)40-86-92(85,87-41-77-65(83)23-20-47-32-50(35-71-68(47)77)56(26-29-80)74(5)38-62-44(2)53-14-8-11-17-59(53)90-62)88-42-78-66(84)24-21-48-33-51(36-72-69(48)78)57(27-30-81)75(6)39-63-45(3)54-15-9-12-18-60(54)91-63/h7-18,25-36H,19-24,37-42H2,1-6H3/b55-25+,56-26+,57-27+.